The molecule has 0 saturated heterocycles. The lowest BCUT2D eigenvalue weighted by Gasteiger charge is -2.10. The van der Waals surface area contributed by atoms with Crippen LogP contribution in [0.25, 0.3) is 0 Å². The van der Waals surface area contributed by atoms with Gasteiger partial charge < -0.3 is 5.11 Å². The molecule has 0 amide bonds. The zero-order valence-electron chi connectivity index (χ0n) is 7.86. The standard InChI is InChI=1S/C11H10N2O/c1-2-8(6-12)11-9(7-13)4-3-5-10(11)14/h3-5,8,14H,2H2,1H3. The van der Waals surface area contributed by atoms with E-state index in [2.05, 4.69) is 6.07 Å². The van der Waals surface area contributed by atoms with Crippen LogP contribution in [-0.2, 0) is 0 Å². The van der Waals surface area contributed by atoms with Crippen molar-refractivity contribution in [2.45, 2.75) is 19.3 Å². The topological polar surface area (TPSA) is 67.8 Å². The van der Waals surface area contributed by atoms with Gasteiger partial charge in [-0.2, -0.15) is 10.5 Å². The highest BCUT2D eigenvalue weighted by molar-refractivity contribution is 5.49. The van der Waals surface area contributed by atoms with Gasteiger partial charge in [-0.1, -0.05) is 13.0 Å². The summed E-state index contributed by atoms with van der Waals surface area (Å²) in [6.45, 7) is 1.85. The van der Waals surface area contributed by atoms with E-state index in [4.69, 9.17) is 10.5 Å². The number of aromatic hydroxyl groups is 1. The second kappa shape index (κ2) is 4.30. The first kappa shape index (κ1) is 10.1. The molecule has 0 aliphatic rings. The molecule has 0 saturated carbocycles. The summed E-state index contributed by atoms with van der Waals surface area (Å²) in [6.07, 6.45) is 0.586. The molecule has 1 unspecified atom stereocenters. The highest BCUT2D eigenvalue weighted by Crippen LogP contribution is 2.30. The fourth-order valence-corrected chi connectivity index (χ4v) is 1.38. The first-order chi connectivity index (χ1) is 6.74. The minimum absolute atomic E-state index is 0.0254. The third kappa shape index (κ3) is 1.67. The molecule has 0 aliphatic heterocycles. The van der Waals surface area contributed by atoms with Crippen LogP contribution in [0.4, 0.5) is 0 Å². The van der Waals surface area contributed by atoms with Crippen molar-refractivity contribution >= 4 is 0 Å². The Hall–Kier alpha value is -2.00. The second-order valence-corrected chi connectivity index (χ2v) is 2.94. The van der Waals surface area contributed by atoms with Gasteiger partial charge in [-0.15, -0.1) is 0 Å². The predicted octanol–water partition coefficient (Wildman–Crippen LogP) is 2.28. The van der Waals surface area contributed by atoms with Crippen molar-refractivity contribution in [3.8, 4) is 17.9 Å². The van der Waals surface area contributed by atoms with Crippen LogP contribution in [0.1, 0.15) is 30.4 Å². The number of phenols is 1. The van der Waals surface area contributed by atoms with Crippen molar-refractivity contribution in [2.24, 2.45) is 0 Å². The molecule has 1 aromatic rings. The first-order valence-corrected chi connectivity index (χ1v) is 4.36. The highest BCUT2D eigenvalue weighted by atomic mass is 16.3. The van der Waals surface area contributed by atoms with E-state index in [1.165, 1.54) is 6.07 Å². The zero-order valence-corrected chi connectivity index (χ0v) is 7.86. The molecule has 1 N–H and O–H groups in total. The van der Waals surface area contributed by atoms with Gasteiger partial charge in [0.25, 0.3) is 0 Å². The van der Waals surface area contributed by atoms with Crippen molar-refractivity contribution in [2.75, 3.05) is 0 Å². The summed E-state index contributed by atoms with van der Waals surface area (Å²) in [7, 11) is 0. The number of hydrogen-bond donors (Lipinski definition) is 1. The van der Waals surface area contributed by atoms with E-state index in [1.807, 2.05) is 13.0 Å². The minimum Gasteiger partial charge on any atom is -0.508 e. The van der Waals surface area contributed by atoms with Crippen LogP contribution < -0.4 is 0 Å². The van der Waals surface area contributed by atoms with E-state index < -0.39 is 5.92 Å². The molecule has 0 aliphatic carbocycles. The molecule has 0 spiro atoms. The fourth-order valence-electron chi connectivity index (χ4n) is 1.38. The SMILES string of the molecule is CCC(C#N)c1c(O)cccc1C#N. The number of hydrogen-bond acceptors (Lipinski definition) is 3. The molecule has 0 fully saturated rings. The Morgan fingerprint density at radius 2 is 2.14 bits per heavy atom. The molecule has 1 atom stereocenters. The summed E-state index contributed by atoms with van der Waals surface area (Å²) in [6, 6.07) is 8.75. The maximum Gasteiger partial charge on any atom is 0.121 e. The first-order valence-electron chi connectivity index (χ1n) is 4.36. The summed E-state index contributed by atoms with van der Waals surface area (Å²) in [5.74, 6) is -0.386. The largest absolute Gasteiger partial charge is 0.508 e. The maximum atomic E-state index is 9.55. The van der Waals surface area contributed by atoms with Gasteiger partial charge in [0.2, 0.25) is 0 Å². The molecule has 70 valence electrons. The Morgan fingerprint density at radius 3 is 2.64 bits per heavy atom. The number of benzene rings is 1. The Balaban J connectivity index is 3.32. The van der Waals surface area contributed by atoms with Crippen molar-refractivity contribution in [3.05, 3.63) is 29.3 Å². The quantitative estimate of drug-likeness (QED) is 0.770. The number of nitrogens with zero attached hydrogens (tertiary/aromatic N) is 2. The normalized spacial score (nSPS) is 11.4. The summed E-state index contributed by atoms with van der Waals surface area (Å²) >= 11 is 0. The second-order valence-electron chi connectivity index (χ2n) is 2.94. The van der Waals surface area contributed by atoms with Gasteiger partial charge in [-0.05, 0) is 18.6 Å². The minimum atomic E-state index is -0.411. The average molecular weight is 186 g/mol. The smallest absolute Gasteiger partial charge is 0.121 e. The average Bonchev–Trinajstić information content (AvgIpc) is 2.22. The van der Waals surface area contributed by atoms with Crippen molar-refractivity contribution in [1.82, 2.24) is 0 Å². The number of rotatable bonds is 2. The molecule has 0 radical (unpaired) electrons. The van der Waals surface area contributed by atoms with Crippen molar-refractivity contribution in [3.63, 3.8) is 0 Å². The third-order valence-electron chi connectivity index (χ3n) is 2.12. The van der Waals surface area contributed by atoms with E-state index in [1.54, 1.807) is 12.1 Å². The lowest BCUT2D eigenvalue weighted by atomic mass is 9.93. The Morgan fingerprint density at radius 1 is 1.43 bits per heavy atom. The van der Waals surface area contributed by atoms with Gasteiger partial charge in [-0.25, -0.2) is 0 Å². The number of phenolic OH excluding ortho intramolecular Hbond substituents is 1. The van der Waals surface area contributed by atoms with E-state index in [0.29, 0.717) is 17.5 Å². The van der Waals surface area contributed by atoms with Gasteiger partial charge in [0, 0.05) is 5.56 Å². The van der Waals surface area contributed by atoms with E-state index in [-0.39, 0.29) is 5.75 Å². The van der Waals surface area contributed by atoms with Crippen LogP contribution >= 0.6 is 0 Å². The third-order valence-corrected chi connectivity index (χ3v) is 2.12. The van der Waals surface area contributed by atoms with Gasteiger partial charge >= 0.3 is 0 Å². The van der Waals surface area contributed by atoms with Gasteiger partial charge in [0.15, 0.2) is 0 Å². The molecular formula is C11H10N2O. The molecule has 1 rings (SSSR count). The highest BCUT2D eigenvalue weighted by Gasteiger charge is 2.16. The Labute approximate surface area is 82.8 Å². The molecule has 1 aromatic carbocycles. The van der Waals surface area contributed by atoms with Crippen LogP contribution in [0, 0.1) is 22.7 Å². The van der Waals surface area contributed by atoms with Crippen LogP contribution in [0.3, 0.4) is 0 Å². The molecular weight excluding hydrogens is 176 g/mol. The van der Waals surface area contributed by atoms with E-state index >= 15 is 0 Å². The Kier molecular flexibility index (Phi) is 3.09. The van der Waals surface area contributed by atoms with Crippen LogP contribution in [-0.4, -0.2) is 5.11 Å². The fraction of sp³-hybridized carbons (Fsp3) is 0.273. The molecule has 0 bridgehead atoms. The van der Waals surface area contributed by atoms with Crippen LogP contribution in [0.2, 0.25) is 0 Å². The van der Waals surface area contributed by atoms with E-state index in [0.717, 1.165) is 0 Å². The molecule has 0 aromatic heterocycles. The lowest BCUT2D eigenvalue weighted by Crippen LogP contribution is -1.97. The summed E-state index contributed by atoms with van der Waals surface area (Å²) < 4.78 is 0. The number of nitriles is 2. The summed E-state index contributed by atoms with van der Waals surface area (Å²) in [5.41, 5.74) is 0.818. The van der Waals surface area contributed by atoms with Gasteiger partial charge in [0.1, 0.15) is 5.75 Å². The van der Waals surface area contributed by atoms with E-state index in [9.17, 15) is 5.11 Å². The van der Waals surface area contributed by atoms with Crippen LogP contribution in [0.5, 0.6) is 5.75 Å². The monoisotopic (exact) mass is 186 g/mol. The van der Waals surface area contributed by atoms with Gasteiger partial charge in [-0.3, -0.25) is 0 Å². The zero-order chi connectivity index (χ0) is 10.6. The maximum absolute atomic E-state index is 9.55. The Bertz CT molecular complexity index is 412. The summed E-state index contributed by atoms with van der Waals surface area (Å²) in [5, 5.41) is 27.2. The summed E-state index contributed by atoms with van der Waals surface area (Å²) in [4.78, 5) is 0. The lowest BCUT2D eigenvalue weighted by molar-refractivity contribution is 0.465. The molecule has 0 heterocycles. The van der Waals surface area contributed by atoms with Crippen molar-refractivity contribution in [1.29, 1.82) is 10.5 Å². The molecule has 3 nitrogen and oxygen atoms in total. The molecule has 3 heteroatoms. The molecule has 14 heavy (non-hydrogen) atoms. The predicted molar refractivity (Wildman–Crippen MR) is 51.5 cm³/mol. The van der Waals surface area contributed by atoms with Crippen molar-refractivity contribution < 1.29 is 5.11 Å². The van der Waals surface area contributed by atoms with Crippen LogP contribution in [0.15, 0.2) is 18.2 Å². The van der Waals surface area contributed by atoms with Gasteiger partial charge in [0.05, 0.1) is 23.6 Å².